The fourth-order valence-electron chi connectivity index (χ4n) is 1.48. The van der Waals surface area contributed by atoms with Crippen molar-refractivity contribution in [3.8, 4) is 0 Å². The monoisotopic (exact) mass is 276 g/mol. The number of pyridine rings is 1. The zero-order valence-electron chi connectivity index (χ0n) is 10.3. The molecule has 0 spiro atoms. The van der Waals surface area contributed by atoms with Gasteiger partial charge in [-0.25, -0.2) is 9.78 Å². The van der Waals surface area contributed by atoms with E-state index < -0.39 is 0 Å². The van der Waals surface area contributed by atoms with E-state index in [0.717, 1.165) is 5.82 Å². The molecule has 98 valence electrons. The summed E-state index contributed by atoms with van der Waals surface area (Å²) in [4.78, 5) is 15.8. The highest BCUT2D eigenvalue weighted by Crippen LogP contribution is 2.15. The number of aromatic nitrogens is 1. The first kappa shape index (κ1) is 13.2. The van der Waals surface area contributed by atoms with Crippen LogP contribution in [0.1, 0.15) is 0 Å². The molecule has 0 bridgehead atoms. The third-order valence-corrected chi connectivity index (χ3v) is 2.60. The van der Waals surface area contributed by atoms with Crippen LogP contribution in [0.2, 0.25) is 5.02 Å². The van der Waals surface area contributed by atoms with Crippen LogP contribution in [-0.2, 0) is 0 Å². The van der Waals surface area contributed by atoms with Gasteiger partial charge < -0.3 is 16.0 Å². The van der Waals surface area contributed by atoms with Crippen LogP contribution in [0.4, 0.5) is 22.0 Å². The minimum atomic E-state index is -0.346. The second kappa shape index (κ2) is 6.06. The quantitative estimate of drug-likeness (QED) is 0.805. The molecule has 0 unspecified atom stereocenters. The smallest absolute Gasteiger partial charge is 0.323 e. The van der Waals surface area contributed by atoms with Crippen molar-refractivity contribution in [1.29, 1.82) is 0 Å². The maximum absolute atomic E-state index is 11.7. The van der Waals surface area contributed by atoms with E-state index in [0.29, 0.717) is 16.4 Å². The zero-order chi connectivity index (χ0) is 13.7. The number of rotatable bonds is 3. The Labute approximate surface area is 116 Å². The van der Waals surface area contributed by atoms with Crippen LogP contribution in [-0.4, -0.2) is 18.1 Å². The lowest BCUT2D eigenvalue weighted by molar-refractivity contribution is 0.262. The number of halogens is 1. The van der Waals surface area contributed by atoms with E-state index in [1.54, 1.807) is 49.6 Å². The molecule has 2 aromatic rings. The number of anilines is 3. The van der Waals surface area contributed by atoms with Crippen molar-refractivity contribution in [3.63, 3.8) is 0 Å². The average Bonchev–Trinajstić information content (AvgIpc) is 2.39. The van der Waals surface area contributed by atoms with Crippen molar-refractivity contribution in [1.82, 2.24) is 4.98 Å². The first-order valence-corrected chi connectivity index (χ1v) is 6.02. The molecule has 19 heavy (non-hydrogen) atoms. The number of nitrogens with one attached hydrogen (secondary N) is 3. The molecule has 1 aromatic heterocycles. The normalized spacial score (nSPS) is 9.79. The highest BCUT2D eigenvalue weighted by atomic mass is 35.5. The molecule has 2 amide bonds. The lowest BCUT2D eigenvalue weighted by Gasteiger charge is -2.08. The van der Waals surface area contributed by atoms with Crippen molar-refractivity contribution in [2.24, 2.45) is 0 Å². The van der Waals surface area contributed by atoms with Gasteiger partial charge in [-0.05, 0) is 30.3 Å². The first-order chi connectivity index (χ1) is 9.17. The van der Waals surface area contributed by atoms with Crippen LogP contribution < -0.4 is 16.0 Å². The van der Waals surface area contributed by atoms with Crippen molar-refractivity contribution in [3.05, 3.63) is 47.6 Å². The molecule has 0 aliphatic carbocycles. The van der Waals surface area contributed by atoms with Crippen LogP contribution >= 0.6 is 11.6 Å². The molecule has 0 saturated heterocycles. The largest absolute Gasteiger partial charge is 0.373 e. The molecule has 0 saturated carbocycles. The summed E-state index contributed by atoms with van der Waals surface area (Å²) in [5.74, 6) is 0.737. The van der Waals surface area contributed by atoms with Gasteiger partial charge in [0, 0.05) is 17.8 Å². The highest BCUT2D eigenvalue weighted by Gasteiger charge is 2.03. The van der Waals surface area contributed by atoms with Gasteiger partial charge in [-0.2, -0.15) is 0 Å². The molecule has 1 heterocycles. The van der Waals surface area contributed by atoms with Gasteiger partial charge >= 0.3 is 6.03 Å². The lowest BCUT2D eigenvalue weighted by Crippen LogP contribution is -2.19. The van der Waals surface area contributed by atoms with Crippen LogP contribution in [0.25, 0.3) is 0 Å². The van der Waals surface area contributed by atoms with Gasteiger partial charge in [0.15, 0.2) is 0 Å². The zero-order valence-corrected chi connectivity index (χ0v) is 11.0. The Morgan fingerprint density at radius 2 is 1.95 bits per heavy atom. The van der Waals surface area contributed by atoms with Crippen molar-refractivity contribution in [2.45, 2.75) is 0 Å². The standard InChI is InChI=1S/C13H13ClN4O/c1-15-12-6-5-11(8-16-12)18-13(19)17-10-4-2-3-9(14)7-10/h2-8H,1H3,(H,15,16)(H2,17,18,19). The van der Waals surface area contributed by atoms with E-state index >= 15 is 0 Å². The predicted molar refractivity (Wildman–Crippen MR) is 77.9 cm³/mol. The van der Waals surface area contributed by atoms with Gasteiger partial charge in [0.2, 0.25) is 0 Å². The minimum absolute atomic E-state index is 0.346. The van der Waals surface area contributed by atoms with Crippen LogP contribution in [0.15, 0.2) is 42.6 Å². The van der Waals surface area contributed by atoms with E-state index in [9.17, 15) is 4.79 Å². The van der Waals surface area contributed by atoms with Gasteiger partial charge in [0.05, 0.1) is 11.9 Å². The Morgan fingerprint density at radius 1 is 1.16 bits per heavy atom. The second-order valence-electron chi connectivity index (χ2n) is 3.77. The molecule has 2 rings (SSSR count). The van der Waals surface area contributed by atoms with Crippen molar-refractivity contribution >= 4 is 34.8 Å². The third kappa shape index (κ3) is 3.86. The van der Waals surface area contributed by atoms with Gasteiger partial charge in [-0.15, -0.1) is 0 Å². The van der Waals surface area contributed by atoms with Crippen LogP contribution in [0.3, 0.4) is 0 Å². The molecule has 0 atom stereocenters. The molecule has 3 N–H and O–H groups in total. The Bertz CT molecular complexity index is 571. The Hall–Kier alpha value is -2.27. The Morgan fingerprint density at radius 3 is 2.58 bits per heavy atom. The van der Waals surface area contributed by atoms with Crippen molar-refractivity contribution in [2.75, 3.05) is 23.0 Å². The minimum Gasteiger partial charge on any atom is -0.373 e. The second-order valence-corrected chi connectivity index (χ2v) is 4.21. The predicted octanol–water partition coefficient (Wildman–Crippen LogP) is 3.42. The molecule has 5 nitrogen and oxygen atoms in total. The van der Waals surface area contributed by atoms with Gasteiger partial charge in [0.25, 0.3) is 0 Å². The fourth-order valence-corrected chi connectivity index (χ4v) is 1.67. The number of carbonyl (C=O) groups excluding carboxylic acids is 1. The van der Waals surface area contributed by atoms with E-state index in [1.165, 1.54) is 0 Å². The molecule has 1 aromatic carbocycles. The maximum atomic E-state index is 11.7. The number of nitrogens with zero attached hydrogens (tertiary/aromatic N) is 1. The topological polar surface area (TPSA) is 66.0 Å². The molecule has 0 aliphatic rings. The number of urea groups is 1. The van der Waals surface area contributed by atoms with Gasteiger partial charge in [-0.1, -0.05) is 17.7 Å². The SMILES string of the molecule is CNc1ccc(NC(=O)Nc2cccc(Cl)c2)cn1. The number of hydrogen-bond donors (Lipinski definition) is 3. The average molecular weight is 277 g/mol. The van der Waals surface area contributed by atoms with E-state index in [1.807, 2.05) is 0 Å². The lowest BCUT2D eigenvalue weighted by atomic mass is 10.3. The summed E-state index contributed by atoms with van der Waals surface area (Å²) in [6.07, 6.45) is 1.57. The Balaban J connectivity index is 1.97. The van der Waals surface area contributed by atoms with Gasteiger partial charge in [-0.3, -0.25) is 0 Å². The van der Waals surface area contributed by atoms with Gasteiger partial charge in [0.1, 0.15) is 5.82 Å². The number of carbonyl (C=O) groups is 1. The summed E-state index contributed by atoms with van der Waals surface area (Å²) in [6, 6.07) is 10.1. The van der Waals surface area contributed by atoms with Crippen molar-refractivity contribution < 1.29 is 4.79 Å². The summed E-state index contributed by atoms with van der Waals surface area (Å²) < 4.78 is 0. The molecular formula is C13H13ClN4O. The number of benzene rings is 1. The third-order valence-electron chi connectivity index (χ3n) is 2.36. The van der Waals surface area contributed by atoms with Crippen LogP contribution in [0.5, 0.6) is 0 Å². The summed E-state index contributed by atoms with van der Waals surface area (Å²) in [5.41, 5.74) is 1.24. The molecule has 0 fully saturated rings. The van der Waals surface area contributed by atoms with Crippen LogP contribution in [0, 0.1) is 0 Å². The molecule has 6 heteroatoms. The maximum Gasteiger partial charge on any atom is 0.323 e. The summed E-state index contributed by atoms with van der Waals surface area (Å²) >= 11 is 5.83. The first-order valence-electron chi connectivity index (χ1n) is 5.65. The number of hydrogen-bond acceptors (Lipinski definition) is 3. The molecule has 0 radical (unpaired) electrons. The molecule has 0 aliphatic heterocycles. The summed E-state index contributed by atoms with van der Waals surface area (Å²) in [6.45, 7) is 0. The fraction of sp³-hybridized carbons (Fsp3) is 0.0769. The van der Waals surface area contributed by atoms with E-state index in [4.69, 9.17) is 11.6 Å². The number of amides is 2. The summed E-state index contributed by atoms with van der Waals surface area (Å²) in [7, 11) is 1.78. The van der Waals surface area contributed by atoms with E-state index in [2.05, 4.69) is 20.9 Å². The van der Waals surface area contributed by atoms with E-state index in [-0.39, 0.29) is 6.03 Å². The summed E-state index contributed by atoms with van der Waals surface area (Å²) in [5, 5.41) is 8.83. The molecular weight excluding hydrogens is 264 g/mol. The Kier molecular flexibility index (Phi) is 4.20. The highest BCUT2D eigenvalue weighted by molar-refractivity contribution is 6.30.